The van der Waals surface area contributed by atoms with Crippen molar-refractivity contribution in [3.8, 4) is 0 Å². The first-order chi connectivity index (χ1) is 9.74. The number of benzene rings is 1. The zero-order chi connectivity index (χ0) is 14.1. The third kappa shape index (κ3) is 1.99. The Labute approximate surface area is 117 Å². The minimum atomic E-state index is 0.0526. The summed E-state index contributed by atoms with van der Waals surface area (Å²) in [5, 5.41) is 4.05. The smallest absolute Gasteiger partial charge is 0.265 e. The number of nitrogens with zero attached hydrogens (tertiary/aromatic N) is 3. The lowest BCUT2D eigenvalue weighted by Crippen LogP contribution is -2.45. The summed E-state index contributed by atoms with van der Waals surface area (Å²) in [6, 6.07) is 7.55. The lowest BCUT2D eigenvalue weighted by atomic mass is 10.2. The Morgan fingerprint density at radius 3 is 2.90 bits per heavy atom. The van der Waals surface area contributed by atoms with Crippen LogP contribution in [0.4, 0.5) is 0 Å². The molecule has 20 heavy (non-hydrogen) atoms. The number of hydrogen-bond donors (Lipinski definition) is 1. The van der Waals surface area contributed by atoms with E-state index < -0.39 is 0 Å². The SMILES string of the molecule is CCNC1=[N+](CC)Cc2nc3ccccc3c(=O)n2C1. The Balaban J connectivity index is 2.16. The minimum absolute atomic E-state index is 0.0526. The van der Waals surface area contributed by atoms with Crippen molar-refractivity contribution in [3.63, 3.8) is 0 Å². The van der Waals surface area contributed by atoms with Gasteiger partial charge in [0.05, 0.1) is 24.0 Å². The zero-order valence-corrected chi connectivity index (χ0v) is 11.9. The predicted molar refractivity (Wildman–Crippen MR) is 79.2 cm³/mol. The molecule has 1 aliphatic heterocycles. The first-order valence-corrected chi connectivity index (χ1v) is 7.07. The van der Waals surface area contributed by atoms with Crippen LogP contribution in [0.3, 0.4) is 0 Å². The summed E-state index contributed by atoms with van der Waals surface area (Å²) in [7, 11) is 0. The zero-order valence-electron chi connectivity index (χ0n) is 11.9. The van der Waals surface area contributed by atoms with Gasteiger partial charge in [0.25, 0.3) is 11.4 Å². The van der Waals surface area contributed by atoms with Crippen molar-refractivity contribution in [2.45, 2.75) is 26.9 Å². The van der Waals surface area contributed by atoms with Crippen LogP contribution in [0, 0.1) is 0 Å². The monoisotopic (exact) mass is 271 g/mol. The summed E-state index contributed by atoms with van der Waals surface area (Å²) in [4.78, 5) is 17.2. The summed E-state index contributed by atoms with van der Waals surface area (Å²) < 4.78 is 4.02. The molecule has 3 rings (SSSR count). The van der Waals surface area contributed by atoms with Crippen LogP contribution in [0.15, 0.2) is 29.1 Å². The molecule has 0 bridgehead atoms. The van der Waals surface area contributed by atoms with E-state index in [0.29, 0.717) is 18.5 Å². The molecule has 0 saturated carbocycles. The molecule has 0 radical (unpaired) electrons. The van der Waals surface area contributed by atoms with E-state index >= 15 is 0 Å². The summed E-state index contributed by atoms with van der Waals surface area (Å²) in [5.74, 6) is 1.94. The van der Waals surface area contributed by atoms with Crippen molar-refractivity contribution in [2.24, 2.45) is 0 Å². The van der Waals surface area contributed by atoms with Gasteiger partial charge in [0, 0.05) is 0 Å². The first kappa shape index (κ1) is 12.8. The minimum Gasteiger partial charge on any atom is -0.280 e. The van der Waals surface area contributed by atoms with E-state index in [0.717, 1.165) is 30.3 Å². The average Bonchev–Trinajstić information content (AvgIpc) is 2.48. The van der Waals surface area contributed by atoms with E-state index in [1.165, 1.54) is 0 Å². The standard InChI is InChI=1S/C15H18N4O/c1-3-16-13-10-19-14(9-18(13)4-2)17-12-8-6-5-7-11(12)15(19)20/h5-8H,3-4,9-10H2,1-2H3/p+1. The van der Waals surface area contributed by atoms with Crippen molar-refractivity contribution in [2.75, 3.05) is 13.1 Å². The second-order valence-corrected chi connectivity index (χ2v) is 4.93. The molecule has 0 amide bonds. The molecule has 0 spiro atoms. The van der Waals surface area contributed by atoms with Crippen LogP contribution < -0.4 is 10.9 Å². The number of rotatable bonds is 2. The second kappa shape index (κ2) is 5.07. The van der Waals surface area contributed by atoms with E-state index in [4.69, 9.17) is 0 Å². The number of fused-ring (bicyclic) bond motifs is 2. The topological polar surface area (TPSA) is 49.9 Å². The maximum absolute atomic E-state index is 12.6. The highest BCUT2D eigenvalue weighted by molar-refractivity contribution is 5.80. The molecule has 0 saturated heterocycles. The number of hydrogen-bond acceptors (Lipinski definition) is 3. The fraction of sp³-hybridized carbons (Fsp3) is 0.400. The van der Waals surface area contributed by atoms with Gasteiger partial charge in [-0.2, -0.15) is 0 Å². The Hall–Kier alpha value is -2.17. The number of aromatic nitrogens is 2. The third-order valence-corrected chi connectivity index (χ3v) is 3.73. The number of nitrogens with one attached hydrogen (secondary N) is 1. The molecular formula is C15H19N4O+. The summed E-state index contributed by atoms with van der Waals surface area (Å²) in [6.45, 7) is 7.21. The maximum Gasteiger partial charge on any atom is 0.265 e. The van der Waals surface area contributed by atoms with Crippen LogP contribution >= 0.6 is 0 Å². The van der Waals surface area contributed by atoms with E-state index in [9.17, 15) is 4.79 Å². The summed E-state index contributed by atoms with van der Waals surface area (Å²) in [6.07, 6.45) is 0. The van der Waals surface area contributed by atoms with Gasteiger partial charge < -0.3 is 0 Å². The van der Waals surface area contributed by atoms with Crippen LogP contribution in [0.25, 0.3) is 10.9 Å². The Morgan fingerprint density at radius 1 is 1.35 bits per heavy atom. The molecule has 1 aliphatic rings. The van der Waals surface area contributed by atoms with Gasteiger partial charge in [0.15, 0.2) is 5.82 Å². The summed E-state index contributed by atoms with van der Waals surface area (Å²) in [5.41, 5.74) is 0.837. The van der Waals surface area contributed by atoms with Crippen LogP contribution in [-0.2, 0) is 13.1 Å². The second-order valence-electron chi connectivity index (χ2n) is 4.93. The van der Waals surface area contributed by atoms with Gasteiger partial charge in [-0.15, -0.1) is 0 Å². The van der Waals surface area contributed by atoms with Crippen LogP contribution in [-0.4, -0.2) is 33.1 Å². The van der Waals surface area contributed by atoms with Gasteiger partial charge in [0.1, 0.15) is 13.1 Å². The molecular weight excluding hydrogens is 252 g/mol. The molecule has 0 aliphatic carbocycles. The van der Waals surface area contributed by atoms with Crippen LogP contribution in [0.2, 0.25) is 0 Å². The average molecular weight is 271 g/mol. The van der Waals surface area contributed by atoms with Gasteiger partial charge in [0.2, 0.25) is 0 Å². The Kier molecular flexibility index (Phi) is 3.26. The molecule has 104 valence electrons. The number of para-hydroxylation sites is 1. The normalized spacial score (nSPS) is 14.5. The largest absolute Gasteiger partial charge is 0.280 e. The molecule has 2 heterocycles. The van der Waals surface area contributed by atoms with E-state index in [-0.39, 0.29) is 5.56 Å². The molecule has 5 nitrogen and oxygen atoms in total. The van der Waals surface area contributed by atoms with Gasteiger partial charge in [-0.1, -0.05) is 12.1 Å². The van der Waals surface area contributed by atoms with E-state index in [1.54, 1.807) is 4.57 Å². The quantitative estimate of drug-likeness (QED) is 0.827. The molecule has 5 heteroatoms. The highest BCUT2D eigenvalue weighted by Crippen LogP contribution is 2.11. The van der Waals surface area contributed by atoms with Crippen molar-refractivity contribution in [1.29, 1.82) is 0 Å². The summed E-state index contributed by atoms with van der Waals surface area (Å²) >= 11 is 0. The fourth-order valence-corrected chi connectivity index (χ4v) is 2.69. The molecule has 0 fully saturated rings. The number of amidine groups is 1. The molecule has 2 aromatic rings. The predicted octanol–water partition coefficient (Wildman–Crippen LogP) is 0.950. The van der Waals surface area contributed by atoms with Crippen LogP contribution in [0.1, 0.15) is 19.7 Å². The third-order valence-electron chi connectivity index (χ3n) is 3.73. The molecule has 1 N–H and O–H groups in total. The van der Waals surface area contributed by atoms with Crippen molar-refractivity contribution >= 4 is 16.7 Å². The van der Waals surface area contributed by atoms with Crippen molar-refractivity contribution < 1.29 is 4.58 Å². The lowest BCUT2D eigenvalue weighted by molar-refractivity contribution is -0.548. The Morgan fingerprint density at radius 2 is 2.15 bits per heavy atom. The van der Waals surface area contributed by atoms with E-state index in [2.05, 4.69) is 28.7 Å². The lowest BCUT2D eigenvalue weighted by Gasteiger charge is -2.20. The van der Waals surface area contributed by atoms with Crippen molar-refractivity contribution in [3.05, 3.63) is 40.4 Å². The molecule has 0 unspecified atom stereocenters. The molecule has 0 atom stereocenters. The first-order valence-electron chi connectivity index (χ1n) is 7.07. The van der Waals surface area contributed by atoms with Gasteiger partial charge in [-0.05, 0) is 26.0 Å². The van der Waals surface area contributed by atoms with Crippen LogP contribution in [0.5, 0.6) is 0 Å². The molecule has 1 aromatic carbocycles. The van der Waals surface area contributed by atoms with E-state index in [1.807, 2.05) is 24.3 Å². The van der Waals surface area contributed by atoms with Gasteiger partial charge in [-0.25, -0.2) is 4.98 Å². The Bertz CT molecular complexity index is 745. The number of likely N-dealkylation sites (N-methyl/N-ethyl adjacent to an activating group) is 1. The van der Waals surface area contributed by atoms with Gasteiger partial charge in [-0.3, -0.25) is 19.3 Å². The van der Waals surface area contributed by atoms with Gasteiger partial charge >= 0.3 is 0 Å². The molecule has 1 aromatic heterocycles. The highest BCUT2D eigenvalue weighted by atomic mass is 16.1. The fourth-order valence-electron chi connectivity index (χ4n) is 2.69. The highest BCUT2D eigenvalue weighted by Gasteiger charge is 2.24. The maximum atomic E-state index is 12.6. The van der Waals surface area contributed by atoms with Crippen molar-refractivity contribution in [1.82, 2.24) is 14.9 Å².